The Morgan fingerprint density at radius 3 is 2.27 bits per heavy atom. The Bertz CT molecular complexity index is 853. The van der Waals surface area contributed by atoms with E-state index >= 15 is 0 Å². The Morgan fingerprint density at radius 2 is 1.69 bits per heavy atom. The Hall–Kier alpha value is -3.48. The maximum atomic E-state index is 11.9. The number of nitrogens with one attached hydrogen (secondary N) is 2. The lowest BCUT2D eigenvalue weighted by Gasteiger charge is -2.05. The SMILES string of the molecule is O=C(C=Cc1ccc([N+](=O)[O-])cc1)Nc1ccc(C(=O)NC2CC2)cc1. The molecule has 2 aromatic carbocycles. The topological polar surface area (TPSA) is 101 Å². The summed E-state index contributed by atoms with van der Waals surface area (Å²) in [5, 5.41) is 16.2. The monoisotopic (exact) mass is 351 g/mol. The standard InChI is InChI=1S/C19H17N3O4/c23-18(12-3-13-1-10-17(11-2-13)22(25)26)20-15-6-4-14(5-7-15)19(24)21-16-8-9-16/h1-7,10-12,16H,8-9H2,(H,20,23)(H,21,24). The third kappa shape index (κ3) is 4.76. The van der Waals surface area contributed by atoms with E-state index in [0.717, 1.165) is 12.8 Å². The Labute approximate surface area is 149 Å². The van der Waals surface area contributed by atoms with Gasteiger partial charge in [-0.25, -0.2) is 0 Å². The van der Waals surface area contributed by atoms with Crippen molar-refractivity contribution < 1.29 is 14.5 Å². The van der Waals surface area contributed by atoms with Gasteiger partial charge in [0, 0.05) is 35.5 Å². The van der Waals surface area contributed by atoms with Gasteiger partial charge in [0.2, 0.25) is 5.91 Å². The van der Waals surface area contributed by atoms with Crippen LogP contribution in [0.25, 0.3) is 6.08 Å². The highest BCUT2D eigenvalue weighted by Crippen LogP contribution is 2.19. The molecule has 7 heteroatoms. The van der Waals surface area contributed by atoms with E-state index in [1.165, 1.54) is 18.2 Å². The van der Waals surface area contributed by atoms with E-state index in [-0.39, 0.29) is 17.5 Å². The van der Waals surface area contributed by atoms with Crippen LogP contribution in [0.5, 0.6) is 0 Å². The lowest BCUT2D eigenvalue weighted by molar-refractivity contribution is -0.384. The van der Waals surface area contributed by atoms with Crippen LogP contribution in [0.4, 0.5) is 11.4 Å². The molecular weight excluding hydrogens is 334 g/mol. The van der Waals surface area contributed by atoms with Gasteiger partial charge in [0.25, 0.3) is 11.6 Å². The number of rotatable bonds is 6. The molecule has 1 saturated carbocycles. The van der Waals surface area contributed by atoms with Gasteiger partial charge in [-0.05, 0) is 60.9 Å². The average Bonchev–Trinajstić information content (AvgIpc) is 3.45. The van der Waals surface area contributed by atoms with Crippen LogP contribution in [-0.2, 0) is 4.79 Å². The van der Waals surface area contributed by atoms with E-state index in [2.05, 4.69) is 10.6 Å². The van der Waals surface area contributed by atoms with E-state index in [4.69, 9.17) is 0 Å². The fourth-order valence-electron chi connectivity index (χ4n) is 2.26. The summed E-state index contributed by atoms with van der Waals surface area (Å²) >= 11 is 0. The first-order valence-corrected chi connectivity index (χ1v) is 8.16. The van der Waals surface area contributed by atoms with Crippen molar-refractivity contribution in [3.05, 3.63) is 75.8 Å². The summed E-state index contributed by atoms with van der Waals surface area (Å²) in [6.45, 7) is 0. The van der Waals surface area contributed by atoms with Crippen molar-refractivity contribution in [2.24, 2.45) is 0 Å². The van der Waals surface area contributed by atoms with E-state index in [1.807, 2.05) is 0 Å². The van der Waals surface area contributed by atoms with Crippen molar-refractivity contribution in [3.63, 3.8) is 0 Å². The normalized spacial score (nSPS) is 13.4. The molecule has 0 saturated heterocycles. The molecule has 0 radical (unpaired) electrons. The fraction of sp³-hybridized carbons (Fsp3) is 0.158. The summed E-state index contributed by atoms with van der Waals surface area (Å²) in [5.41, 5.74) is 1.80. The molecule has 2 amide bonds. The van der Waals surface area contributed by atoms with E-state index < -0.39 is 4.92 Å². The molecule has 1 aliphatic rings. The zero-order valence-electron chi connectivity index (χ0n) is 13.8. The van der Waals surface area contributed by atoms with Gasteiger partial charge in [0.05, 0.1) is 4.92 Å². The molecule has 132 valence electrons. The van der Waals surface area contributed by atoms with Crippen LogP contribution in [-0.4, -0.2) is 22.8 Å². The van der Waals surface area contributed by atoms with Crippen LogP contribution in [0.15, 0.2) is 54.6 Å². The third-order valence-corrected chi connectivity index (χ3v) is 3.86. The number of nitro benzene ring substituents is 1. The Kier molecular flexibility index (Phi) is 5.07. The summed E-state index contributed by atoms with van der Waals surface area (Å²) in [7, 11) is 0. The highest BCUT2D eigenvalue weighted by Gasteiger charge is 2.23. The molecule has 3 rings (SSSR count). The second kappa shape index (κ2) is 7.60. The molecule has 0 unspecified atom stereocenters. The third-order valence-electron chi connectivity index (χ3n) is 3.86. The molecule has 0 atom stereocenters. The second-order valence-corrected chi connectivity index (χ2v) is 6.00. The van der Waals surface area contributed by atoms with Crippen molar-refractivity contribution >= 4 is 29.3 Å². The Balaban J connectivity index is 1.55. The summed E-state index contributed by atoms with van der Waals surface area (Å²) in [4.78, 5) is 34.0. The molecule has 7 nitrogen and oxygen atoms in total. The summed E-state index contributed by atoms with van der Waals surface area (Å²) < 4.78 is 0. The van der Waals surface area contributed by atoms with Crippen LogP contribution in [0.3, 0.4) is 0 Å². The first kappa shape index (κ1) is 17.3. The molecule has 2 N–H and O–H groups in total. The van der Waals surface area contributed by atoms with Gasteiger partial charge >= 0.3 is 0 Å². The van der Waals surface area contributed by atoms with Gasteiger partial charge in [-0.2, -0.15) is 0 Å². The number of carbonyl (C=O) groups is 2. The van der Waals surface area contributed by atoms with Gasteiger partial charge < -0.3 is 10.6 Å². The molecule has 0 aliphatic heterocycles. The number of benzene rings is 2. The molecule has 1 fully saturated rings. The molecule has 0 aromatic heterocycles. The molecule has 2 aromatic rings. The average molecular weight is 351 g/mol. The fourth-order valence-corrected chi connectivity index (χ4v) is 2.26. The van der Waals surface area contributed by atoms with E-state index in [9.17, 15) is 19.7 Å². The van der Waals surface area contributed by atoms with Crippen molar-refractivity contribution in [3.8, 4) is 0 Å². The van der Waals surface area contributed by atoms with E-state index in [1.54, 1.807) is 42.5 Å². The highest BCUT2D eigenvalue weighted by molar-refractivity contribution is 6.02. The predicted octanol–water partition coefficient (Wildman–Crippen LogP) is 3.14. The lowest BCUT2D eigenvalue weighted by atomic mass is 10.2. The number of non-ortho nitro benzene ring substituents is 1. The smallest absolute Gasteiger partial charge is 0.269 e. The highest BCUT2D eigenvalue weighted by atomic mass is 16.6. The lowest BCUT2D eigenvalue weighted by Crippen LogP contribution is -2.25. The number of nitrogens with zero attached hydrogens (tertiary/aromatic N) is 1. The zero-order valence-corrected chi connectivity index (χ0v) is 13.8. The van der Waals surface area contributed by atoms with Gasteiger partial charge in [0.1, 0.15) is 0 Å². The summed E-state index contributed by atoms with van der Waals surface area (Å²) in [6.07, 6.45) is 4.97. The number of carbonyl (C=O) groups excluding carboxylic acids is 2. The molecule has 0 bridgehead atoms. The maximum absolute atomic E-state index is 11.9. The Morgan fingerprint density at radius 1 is 1.04 bits per heavy atom. The van der Waals surface area contributed by atoms with Crippen LogP contribution >= 0.6 is 0 Å². The minimum absolute atomic E-state index is 0.00239. The largest absolute Gasteiger partial charge is 0.349 e. The van der Waals surface area contributed by atoms with Gasteiger partial charge in [-0.15, -0.1) is 0 Å². The summed E-state index contributed by atoms with van der Waals surface area (Å²) in [5.74, 6) is -0.443. The summed E-state index contributed by atoms with van der Waals surface area (Å²) in [6, 6.07) is 12.8. The van der Waals surface area contributed by atoms with E-state index in [0.29, 0.717) is 22.9 Å². The van der Waals surface area contributed by atoms with Crippen molar-refractivity contribution in [2.45, 2.75) is 18.9 Å². The maximum Gasteiger partial charge on any atom is 0.269 e. The number of nitro groups is 1. The quantitative estimate of drug-likeness (QED) is 0.474. The first-order chi connectivity index (χ1) is 12.5. The molecule has 0 heterocycles. The van der Waals surface area contributed by atoms with Crippen LogP contribution in [0.2, 0.25) is 0 Å². The van der Waals surface area contributed by atoms with Gasteiger partial charge in [0.15, 0.2) is 0 Å². The second-order valence-electron chi connectivity index (χ2n) is 6.00. The minimum Gasteiger partial charge on any atom is -0.349 e. The van der Waals surface area contributed by atoms with Gasteiger partial charge in [-0.1, -0.05) is 0 Å². The van der Waals surface area contributed by atoms with Gasteiger partial charge in [-0.3, -0.25) is 19.7 Å². The molecule has 1 aliphatic carbocycles. The zero-order chi connectivity index (χ0) is 18.5. The van der Waals surface area contributed by atoms with Crippen molar-refractivity contribution in [2.75, 3.05) is 5.32 Å². The predicted molar refractivity (Wildman–Crippen MR) is 97.7 cm³/mol. The molecular formula is C19H17N3O4. The molecule has 0 spiro atoms. The number of anilines is 1. The number of amides is 2. The van der Waals surface area contributed by atoms with Crippen molar-refractivity contribution in [1.82, 2.24) is 5.32 Å². The van der Waals surface area contributed by atoms with Crippen LogP contribution < -0.4 is 10.6 Å². The number of hydrogen-bond donors (Lipinski definition) is 2. The number of hydrogen-bond acceptors (Lipinski definition) is 4. The molecule has 26 heavy (non-hydrogen) atoms. The van der Waals surface area contributed by atoms with Crippen LogP contribution in [0, 0.1) is 10.1 Å². The minimum atomic E-state index is -0.477. The van der Waals surface area contributed by atoms with Crippen molar-refractivity contribution in [1.29, 1.82) is 0 Å². The first-order valence-electron chi connectivity index (χ1n) is 8.16. The van der Waals surface area contributed by atoms with Crippen LogP contribution in [0.1, 0.15) is 28.8 Å².